The van der Waals surface area contributed by atoms with Gasteiger partial charge in [-0.3, -0.25) is 9.59 Å². The second-order valence-electron chi connectivity index (χ2n) is 3.33. The van der Waals surface area contributed by atoms with Crippen LogP contribution in [0, 0.1) is 0 Å². The fourth-order valence-corrected chi connectivity index (χ4v) is 1.64. The predicted octanol–water partition coefficient (Wildman–Crippen LogP) is 1.79. The van der Waals surface area contributed by atoms with Crippen LogP contribution in [-0.2, 0) is 4.79 Å². The van der Waals surface area contributed by atoms with Crippen molar-refractivity contribution in [2.75, 3.05) is 11.4 Å². The van der Waals surface area contributed by atoms with Crippen LogP contribution in [0.25, 0.3) is 0 Å². The molecule has 2 rings (SSSR count). The van der Waals surface area contributed by atoms with Crippen LogP contribution in [0.3, 0.4) is 0 Å². The Hall–Kier alpha value is -1.90. The first-order chi connectivity index (χ1) is 7.25. The molecule has 0 saturated carbocycles. The highest BCUT2D eigenvalue weighted by molar-refractivity contribution is 6.52. The van der Waals surface area contributed by atoms with Crippen molar-refractivity contribution in [2.24, 2.45) is 0 Å². The summed E-state index contributed by atoms with van der Waals surface area (Å²) in [6.07, 6.45) is 3.71. The van der Waals surface area contributed by atoms with Gasteiger partial charge in [-0.1, -0.05) is 24.3 Å². The summed E-state index contributed by atoms with van der Waals surface area (Å²) >= 11 is 0. The largest absolute Gasteiger partial charge is 0.301 e. The van der Waals surface area contributed by atoms with Gasteiger partial charge in [0.2, 0.25) is 0 Å². The van der Waals surface area contributed by atoms with Gasteiger partial charge in [0.25, 0.3) is 11.7 Å². The summed E-state index contributed by atoms with van der Waals surface area (Å²) in [4.78, 5) is 24.7. The van der Waals surface area contributed by atoms with Crippen LogP contribution in [0.4, 0.5) is 5.69 Å². The molecule has 1 aromatic rings. The van der Waals surface area contributed by atoms with Gasteiger partial charge in [-0.05, 0) is 19.1 Å². The third-order valence-corrected chi connectivity index (χ3v) is 2.40. The van der Waals surface area contributed by atoms with E-state index in [4.69, 9.17) is 0 Å². The van der Waals surface area contributed by atoms with E-state index in [0.29, 0.717) is 17.8 Å². The molecule has 0 saturated heterocycles. The Labute approximate surface area is 88.0 Å². The second-order valence-corrected chi connectivity index (χ2v) is 3.33. The summed E-state index contributed by atoms with van der Waals surface area (Å²) in [6, 6.07) is 7.07. The van der Waals surface area contributed by atoms with Crippen molar-refractivity contribution in [3.8, 4) is 0 Å². The van der Waals surface area contributed by atoms with E-state index in [0.717, 1.165) is 0 Å². The standard InChI is InChI=1S/C12H11NO2/c1-2-3-8-13-10-7-5-4-6-9(10)11(14)12(13)15/h2-7H,8H2,1H3/b3-2+. The van der Waals surface area contributed by atoms with E-state index in [1.807, 2.05) is 25.1 Å². The number of amides is 1. The average molecular weight is 201 g/mol. The van der Waals surface area contributed by atoms with E-state index in [2.05, 4.69) is 0 Å². The molecule has 1 amide bonds. The normalized spacial score (nSPS) is 15.1. The number of fused-ring (bicyclic) bond motifs is 1. The fourth-order valence-electron chi connectivity index (χ4n) is 1.64. The van der Waals surface area contributed by atoms with Crippen LogP contribution >= 0.6 is 0 Å². The van der Waals surface area contributed by atoms with Crippen LogP contribution in [0.2, 0.25) is 0 Å². The maximum absolute atomic E-state index is 11.6. The lowest BCUT2D eigenvalue weighted by molar-refractivity contribution is -0.114. The zero-order chi connectivity index (χ0) is 10.8. The number of para-hydroxylation sites is 1. The summed E-state index contributed by atoms with van der Waals surface area (Å²) in [5.41, 5.74) is 1.22. The van der Waals surface area contributed by atoms with Gasteiger partial charge < -0.3 is 4.90 Å². The van der Waals surface area contributed by atoms with E-state index in [9.17, 15) is 9.59 Å². The zero-order valence-corrected chi connectivity index (χ0v) is 8.43. The van der Waals surface area contributed by atoms with Gasteiger partial charge in [0.1, 0.15) is 0 Å². The minimum Gasteiger partial charge on any atom is -0.301 e. The van der Waals surface area contributed by atoms with Crippen molar-refractivity contribution in [1.29, 1.82) is 0 Å². The summed E-state index contributed by atoms with van der Waals surface area (Å²) in [6.45, 7) is 2.34. The van der Waals surface area contributed by atoms with E-state index < -0.39 is 11.7 Å². The van der Waals surface area contributed by atoms with Gasteiger partial charge in [-0.25, -0.2) is 0 Å². The summed E-state index contributed by atoms with van der Waals surface area (Å²) in [5.74, 6) is -0.843. The highest BCUT2D eigenvalue weighted by atomic mass is 16.2. The minimum absolute atomic E-state index is 0.407. The van der Waals surface area contributed by atoms with Gasteiger partial charge in [-0.2, -0.15) is 0 Å². The lowest BCUT2D eigenvalue weighted by Gasteiger charge is -2.13. The number of benzene rings is 1. The molecule has 3 heteroatoms. The molecule has 0 bridgehead atoms. The predicted molar refractivity (Wildman–Crippen MR) is 57.9 cm³/mol. The molecule has 15 heavy (non-hydrogen) atoms. The van der Waals surface area contributed by atoms with E-state index in [-0.39, 0.29) is 0 Å². The molecule has 1 heterocycles. The Bertz CT molecular complexity index is 449. The van der Waals surface area contributed by atoms with Crippen molar-refractivity contribution >= 4 is 17.4 Å². The first-order valence-corrected chi connectivity index (χ1v) is 4.82. The number of carbonyl (C=O) groups is 2. The number of hydrogen-bond donors (Lipinski definition) is 0. The highest BCUT2D eigenvalue weighted by Gasteiger charge is 2.34. The molecule has 0 aliphatic carbocycles. The third-order valence-electron chi connectivity index (χ3n) is 2.40. The summed E-state index contributed by atoms with van der Waals surface area (Å²) in [7, 11) is 0. The Balaban J connectivity index is 2.42. The Kier molecular flexibility index (Phi) is 2.37. The number of rotatable bonds is 2. The van der Waals surface area contributed by atoms with Gasteiger partial charge in [0, 0.05) is 6.54 Å². The molecule has 0 fully saturated rings. The third kappa shape index (κ3) is 1.46. The molecule has 1 aliphatic heterocycles. The quantitative estimate of drug-likeness (QED) is 0.540. The number of allylic oxidation sites excluding steroid dienone is 1. The summed E-state index contributed by atoms with van der Waals surface area (Å²) < 4.78 is 0. The van der Waals surface area contributed by atoms with Crippen LogP contribution < -0.4 is 4.90 Å². The molecule has 0 N–H and O–H groups in total. The molecule has 0 atom stereocenters. The number of hydrogen-bond acceptors (Lipinski definition) is 2. The number of nitrogens with zero attached hydrogens (tertiary/aromatic N) is 1. The first kappa shape index (κ1) is 9.65. The Morgan fingerprint density at radius 2 is 2.00 bits per heavy atom. The number of Topliss-reactive ketones (excluding diaryl/α,β-unsaturated/α-hetero) is 1. The number of ketones is 1. The SMILES string of the molecule is C/C=C/CN1C(=O)C(=O)c2ccccc21. The smallest absolute Gasteiger partial charge is 0.299 e. The number of anilines is 1. The fraction of sp³-hybridized carbons (Fsp3) is 0.167. The molecule has 0 unspecified atom stereocenters. The minimum atomic E-state index is -0.436. The van der Waals surface area contributed by atoms with Gasteiger partial charge in [-0.15, -0.1) is 0 Å². The van der Waals surface area contributed by atoms with Crippen molar-refractivity contribution in [3.63, 3.8) is 0 Å². The van der Waals surface area contributed by atoms with Crippen molar-refractivity contribution < 1.29 is 9.59 Å². The second kappa shape index (κ2) is 3.69. The summed E-state index contributed by atoms with van der Waals surface area (Å²) in [5, 5.41) is 0. The lowest BCUT2D eigenvalue weighted by atomic mass is 10.1. The van der Waals surface area contributed by atoms with Crippen LogP contribution in [-0.4, -0.2) is 18.2 Å². The average Bonchev–Trinajstić information content (AvgIpc) is 2.51. The van der Waals surface area contributed by atoms with Gasteiger partial charge in [0.05, 0.1) is 11.3 Å². The van der Waals surface area contributed by atoms with E-state index in [1.54, 1.807) is 18.2 Å². The van der Waals surface area contributed by atoms with Gasteiger partial charge >= 0.3 is 0 Å². The molecule has 0 spiro atoms. The van der Waals surface area contributed by atoms with E-state index >= 15 is 0 Å². The first-order valence-electron chi connectivity index (χ1n) is 4.82. The monoisotopic (exact) mass is 201 g/mol. The molecule has 76 valence electrons. The molecule has 0 aromatic heterocycles. The van der Waals surface area contributed by atoms with Gasteiger partial charge in [0.15, 0.2) is 0 Å². The Morgan fingerprint density at radius 1 is 1.27 bits per heavy atom. The molecule has 0 radical (unpaired) electrons. The van der Waals surface area contributed by atoms with Crippen LogP contribution in [0.5, 0.6) is 0 Å². The maximum Gasteiger partial charge on any atom is 0.299 e. The maximum atomic E-state index is 11.6. The molecular weight excluding hydrogens is 190 g/mol. The molecule has 1 aromatic carbocycles. The van der Waals surface area contributed by atoms with Crippen LogP contribution in [0.15, 0.2) is 36.4 Å². The topological polar surface area (TPSA) is 37.4 Å². The number of carbonyl (C=O) groups excluding carboxylic acids is 2. The highest BCUT2D eigenvalue weighted by Crippen LogP contribution is 2.27. The molecule has 1 aliphatic rings. The molecule has 3 nitrogen and oxygen atoms in total. The van der Waals surface area contributed by atoms with Crippen molar-refractivity contribution in [2.45, 2.75) is 6.92 Å². The van der Waals surface area contributed by atoms with E-state index in [1.165, 1.54) is 4.90 Å². The van der Waals surface area contributed by atoms with Crippen molar-refractivity contribution in [3.05, 3.63) is 42.0 Å². The van der Waals surface area contributed by atoms with Crippen LogP contribution in [0.1, 0.15) is 17.3 Å². The zero-order valence-electron chi connectivity index (χ0n) is 8.43. The Morgan fingerprint density at radius 3 is 2.73 bits per heavy atom. The lowest BCUT2D eigenvalue weighted by Crippen LogP contribution is -2.29. The molecular formula is C12H11NO2. The van der Waals surface area contributed by atoms with Crippen molar-refractivity contribution in [1.82, 2.24) is 0 Å².